The Morgan fingerprint density at radius 1 is 1.45 bits per heavy atom. The van der Waals surface area contributed by atoms with E-state index in [9.17, 15) is 9.59 Å². The van der Waals surface area contributed by atoms with Crippen molar-refractivity contribution in [3.05, 3.63) is 44.9 Å². The van der Waals surface area contributed by atoms with Crippen LogP contribution in [-0.4, -0.2) is 18.4 Å². The molecule has 3 rings (SSSR count). The van der Waals surface area contributed by atoms with E-state index in [4.69, 9.17) is 4.74 Å². The van der Waals surface area contributed by atoms with E-state index < -0.39 is 0 Å². The second-order valence-corrected chi connectivity index (χ2v) is 6.32. The van der Waals surface area contributed by atoms with Crippen LogP contribution in [0.1, 0.15) is 44.6 Å². The van der Waals surface area contributed by atoms with Crippen molar-refractivity contribution in [2.24, 2.45) is 0 Å². The van der Waals surface area contributed by atoms with Gasteiger partial charge in [0.2, 0.25) is 0 Å². The lowest BCUT2D eigenvalue weighted by atomic mass is 9.76. The van der Waals surface area contributed by atoms with Crippen molar-refractivity contribution in [2.45, 2.75) is 39.0 Å². The Bertz CT molecular complexity index is 670. The van der Waals surface area contributed by atoms with Crippen LogP contribution in [0.5, 0.6) is 0 Å². The highest BCUT2D eigenvalue weighted by molar-refractivity contribution is 7.08. The smallest absolute Gasteiger partial charge is 0.336 e. The number of allylic oxidation sites excluding steroid dienone is 3. The molecule has 1 N–H and O–H groups in total. The second-order valence-electron chi connectivity index (χ2n) is 5.54. The quantitative estimate of drug-likeness (QED) is 0.869. The largest absolute Gasteiger partial charge is 0.463 e. The number of esters is 1. The first-order chi connectivity index (χ1) is 10.6. The van der Waals surface area contributed by atoms with Gasteiger partial charge in [0.15, 0.2) is 5.78 Å². The molecule has 2 aliphatic rings. The fourth-order valence-corrected chi connectivity index (χ4v) is 3.92. The fourth-order valence-electron chi connectivity index (χ4n) is 3.24. The van der Waals surface area contributed by atoms with Crippen LogP contribution in [0.15, 0.2) is 39.4 Å². The molecule has 1 aromatic heterocycles. The third-order valence-corrected chi connectivity index (χ3v) is 4.85. The number of ketones is 1. The molecule has 0 saturated heterocycles. The first kappa shape index (κ1) is 15.0. The van der Waals surface area contributed by atoms with Crippen LogP contribution in [0, 0.1) is 0 Å². The van der Waals surface area contributed by atoms with Gasteiger partial charge in [0.05, 0.1) is 12.2 Å². The highest BCUT2D eigenvalue weighted by Crippen LogP contribution is 2.42. The molecule has 0 fully saturated rings. The fraction of sp³-hybridized carbons (Fsp3) is 0.412. The molecular formula is C17H19NO3S. The molecule has 0 aromatic carbocycles. The first-order valence-corrected chi connectivity index (χ1v) is 8.51. The summed E-state index contributed by atoms with van der Waals surface area (Å²) in [5, 5.41) is 7.26. The molecule has 1 atom stereocenters. The molecule has 0 saturated carbocycles. The van der Waals surface area contributed by atoms with E-state index in [2.05, 4.69) is 5.32 Å². The zero-order valence-electron chi connectivity index (χ0n) is 12.8. The van der Waals surface area contributed by atoms with Gasteiger partial charge < -0.3 is 10.1 Å². The average molecular weight is 317 g/mol. The topological polar surface area (TPSA) is 55.4 Å². The van der Waals surface area contributed by atoms with Gasteiger partial charge in [-0.05, 0) is 49.1 Å². The second kappa shape index (κ2) is 6.08. The minimum Gasteiger partial charge on any atom is -0.463 e. The molecule has 1 aromatic rings. The number of carbonyl (C=O) groups is 2. The number of rotatable bonds is 3. The Balaban J connectivity index is 2.12. The monoisotopic (exact) mass is 317 g/mol. The van der Waals surface area contributed by atoms with Crippen molar-refractivity contribution in [3.8, 4) is 0 Å². The summed E-state index contributed by atoms with van der Waals surface area (Å²) in [6, 6.07) is 1.99. The Morgan fingerprint density at radius 3 is 2.95 bits per heavy atom. The van der Waals surface area contributed by atoms with Gasteiger partial charge in [0, 0.05) is 29.3 Å². The van der Waals surface area contributed by atoms with Crippen LogP contribution < -0.4 is 5.32 Å². The normalized spacial score (nSPS) is 21.5. The number of nitrogens with one attached hydrogen (secondary N) is 1. The SMILES string of the molecule is CCOC(=O)C1=C(C)NC2=C(C(=O)CCC2)[C@@H]1c1ccsc1. The summed E-state index contributed by atoms with van der Waals surface area (Å²) >= 11 is 1.57. The summed E-state index contributed by atoms with van der Waals surface area (Å²) in [4.78, 5) is 24.9. The van der Waals surface area contributed by atoms with Crippen LogP contribution in [0.2, 0.25) is 0 Å². The maximum absolute atomic E-state index is 12.5. The summed E-state index contributed by atoms with van der Waals surface area (Å²) in [5.41, 5.74) is 4.07. The number of thiophene rings is 1. The number of dihydropyridines is 1. The van der Waals surface area contributed by atoms with Crippen LogP contribution in [0.3, 0.4) is 0 Å². The summed E-state index contributed by atoms with van der Waals surface area (Å²) < 4.78 is 5.23. The van der Waals surface area contributed by atoms with Crippen LogP contribution in [0.4, 0.5) is 0 Å². The predicted molar refractivity (Wildman–Crippen MR) is 85.4 cm³/mol. The zero-order chi connectivity index (χ0) is 15.7. The predicted octanol–water partition coefficient (Wildman–Crippen LogP) is 3.28. The number of carbonyl (C=O) groups excluding carboxylic acids is 2. The lowest BCUT2D eigenvalue weighted by Crippen LogP contribution is -2.34. The van der Waals surface area contributed by atoms with Gasteiger partial charge in [-0.15, -0.1) is 0 Å². The summed E-state index contributed by atoms with van der Waals surface area (Å²) in [5.74, 6) is -0.498. The molecule has 0 spiro atoms. The summed E-state index contributed by atoms with van der Waals surface area (Å²) in [6.45, 7) is 4.00. The molecule has 4 nitrogen and oxygen atoms in total. The molecule has 0 radical (unpaired) electrons. The highest BCUT2D eigenvalue weighted by atomic mass is 32.1. The molecule has 1 aliphatic heterocycles. The first-order valence-electron chi connectivity index (χ1n) is 7.56. The van der Waals surface area contributed by atoms with E-state index in [1.807, 2.05) is 23.8 Å². The lowest BCUT2D eigenvalue weighted by Gasteiger charge is -2.33. The molecule has 5 heteroatoms. The van der Waals surface area contributed by atoms with E-state index in [0.717, 1.165) is 35.4 Å². The zero-order valence-corrected chi connectivity index (χ0v) is 13.6. The molecule has 116 valence electrons. The van der Waals surface area contributed by atoms with Crippen molar-refractivity contribution in [3.63, 3.8) is 0 Å². The number of Topliss-reactive ketones (excluding diaryl/α,β-unsaturated/α-hetero) is 1. The van der Waals surface area contributed by atoms with Gasteiger partial charge in [0.1, 0.15) is 0 Å². The molecule has 22 heavy (non-hydrogen) atoms. The number of hydrogen-bond acceptors (Lipinski definition) is 5. The summed E-state index contributed by atoms with van der Waals surface area (Å²) in [7, 11) is 0. The molecule has 0 bridgehead atoms. The van der Waals surface area contributed by atoms with Gasteiger partial charge in [-0.1, -0.05) is 0 Å². The maximum Gasteiger partial charge on any atom is 0.336 e. The van der Waals surface area contributed by atoms with E-state index in [-0.39, 0.29) is 17.7 Å². The van der Waals surface area contributed by atoms with E-state index in [1.54, 1.807) is 18.3 Å². The number of ether oxygens (including phenoxy) is 1. The molecule has 1 aliphatic carbocycles. The lowest BCUT2D eigenvalue weighted by molar-refractivity contribution is -0.138. The summed E-state index contributed by atoms with van der Waals surface area (Å²) in [6.07, 6.45) is 2.27. The number of hydrogen-bond donors (Lipinski definition) is 1. The van der Waals surface area contributed by atoms with Gasteiger partial charge in [-0.2, -0.15) is 11.3 Å². The van der Waals surface area contributed by atoms with Gasteiger partial charge >= 0.3 is 5.97 Å². The molecule has 0 amide bonds. The van der Waals surface area contributed by atoms with E-state index >= 15 is 0 Å². The van der Waals surface area contributed by atoms with Crippen molar-refractivity contribution in [1.82, 2.24) is 5.32 Å². The minimum absolute atomic E-state index is 0.138. The Kier molecular flexibility index (Phi) is 4.16. The minimum atomic E-state index is -0.339. The molecule has 2 heterocycles. The third kappa shape index (κ3) is 2.50. The van der Waals surface area contributed by atoms with Gasteiger partial charge in [-0.3, -0.25) is 4.79 Å². The van der Waals surface area contributed by atoms with Crippen LogP contribution in [-0.2, 0) is 14.3 Å². The average Bonchev–Trinajstić information content (AvgIpc) is 3.00. The highest BCUT2D eigenvalue weighted by Gasteiger charge is 2.39. The van der Waals surface area contributed by atoms with Crippen LogP contribution >= 0.6 is 11.3 Å². The van der Waals surface area contributed by atoms with Crippen molar-refractivity contribution in [2.75, 3.05) is 6.61 Å². The Morgan fingerprint density at radius 2 is 2.27 bits per heavy atom. The Hall–Kier alpha value is -1.88. The standard InChI is InChI=1S/C17H19NO3S/c1-3-21-17(20)14-10(2)18-12-5-4-6-13(19)16(12)15(14)11-7-8-22-9-11/h7-9,15,18H,3-6H2,1-2H3/t15-/m1/s1. The van der Waals surface area contributed by atoms with Gasteiger partial charge in [-0.25, -0.2) is 4.79 Å². The third-order valence-electron chi connectivity index (χ3n) is 4.15. The van der Waals surface area contributed by atoms with Crippen molar-refractivity contribution < 1.29 is 14.3 Å². The Labute approximate surface area is 133 Å². The van der Waals surface area contributed by atoms with E-state index in [0.29, 0.717) is 18.6 Å². The molecule has 0 unspecified atom stereocenters. The van der Waals surface area contributed by atoms with Crippen molar-refractivity contribution >= 4 is 23.1 Å². The van der Waals surface area contributed by atoms with Crippen LogP contribution in [0.25, 0.3) is 0 Å². The van der Waals surface area contributed by atoms with Crippen molar-refractivity contribution in [1.29, 1.82) is 0 Å². The van der Waals surface area contributed by atoms with E-state index in [1.165, 1.54) is 0 Å². The van der Waals surface area contributed by atoms with Gasteiger partial charge in [0.25, 0.3) is 0 Å². The molecular weight excluding hydrogens is 298 g/mol. The maximum atomic E-state index is 12.5.